The first-order valence-electron chi connectivity index (χ1n) is 6.97. The van der Waals surface area contributed by atoms with Gasteiger partial charge in [-0.05, 0) is 50.4 Å². The van der Waals surface area contributed by atoms with Gasteiger partial charge in [0.2, 0.25) is 5.91 Å². The fourth-order valence-electron chi connectivity index (χ4n) is 1.96. The maximum Gasteiger partial charge on any atom is 0.417 e. The summed E-state index contributed by atoms with van der Waals surface area (Å²) in [6, 6.07) is 4.13. The Kier molecular flexibility index (Phi) is 4.71. The summed E-state index contributed by atoms with van der Waals surface area (Å²) in [5.74, 6) is 0.195. The molecule has 22 heavy (non-hydrogen) atoms. The van der Waals surface area contributed by atoms with Gasteiger partial charge in [0, 0.05) is 5.69 Å². The first-order valence-corrected chi connectivity index (χ1v) is 6.97. The molecule has 0 heterocycles. The van der Waals surface area contributed by atoms with Crippen LogP contribution in [0.5, 0.6) is 0 Å². The van der Waals surface area contributed by atoms with Gasteiger partial charge in [-0.2, -0.15) is 18.4 Å². The Balaban J connectivity index is 2.05. The van der Waals surface area contributed by atoms with Crippen LogP contribution in [0.2, 0.25) is 0 Å². The molecule has 1 aromatic rings. The SMILES string of the molecule is C[C@H](NCC1CC1)C(=O)Nc1ccc(C#N)c(C(F)(F)F)c1. The Morgan fingerprint density at radius 1 is 1.45 bits per heavy atom. The standard InChI is InChI=1S/C15H16F3N3O/c1-9(20-8-10-2-3-10)14(22)21-12-5-4-11(7-19)13(6-12)15(16,17)18/h4-6,9-10,20H,2-3,8H2,1H3,(H,21,22)/t9-/m0/s1. The van der Waals surface area contributed by atoms with Gasteiger partial charge in [0.1, 0.15) is 0 Å². The number of halogens is 3. The van der Waals surface area contributed by atoms with Crippen LogP contribution in [-0.2, 0) is 11.0 Å². The smallest absolute Gasteiger partial charge is 0.325 e. The molecule has 0 radical (unpaired) electrons. The van der Waals surface area contributed by atoms with Gasteiger partial charge in [-0.25, -0.2) is 0 Å². The van der Waals surface area contributed by atoms with E-state index in [9.17, 15) is 18.0 Å². The van der Waals surface area contributed by atoms with Crippen LogP contribution < -0.4 is 10.6 Å². The minimum Gasteiger partial charge on any atom is -0.325 e. The topological polar surface area (TPSA) is 64.9 Å². The molecule has 2 rings (SSSR count). The van der Waals surface area contributed by atoms with Crippen LogP contribution in [0, 0.1) is 17.2 Å². The molecule has 0 unspecified atom stereocenters. The quantitative estimate of drug-likeness (QED) is 0.879. The normalized spacial score (nSPS) is 16.0. The molecular formula is C15H16F3N3O. The number of nitrogens with zero attached hydrogens (tertiary/aromatic N) is 1. The lowest BCUT2D eigenvalue weighted by molar-refractivity contribution is -0.137. The van der Waals surface area contributed by atoms with Gasteiger partial charge in [0.25, 0.3) is 0 Å². The summed E-state index contributed by atoms with van der Waals surface area (Å²) in [6.07, 6.45) is -2.35. The summed E-state index contributed by atoms with van der Waals surface area (Å²) in [6.45, 7) is 2.39. The van der Waals surface area contributed by atoms with E-state index < -0.39 is 29.3 Å². The second-order valence-corrected chi connectivity index (χ2v) is 5.43. The van der Waals surface area contributed by atoms with Crippen molar-refractivity contribution < 1.29 is 18.0 Å². The van der Waals surface area contributed by atoms with Gasteiger partial charge in [-0.1, -0.05) is 0 Å². The fraction of sp³-hybridized carbons (Fsp3) is 0.467. The van der Waals surface area contributed by atoms with Crippen molar-refractivity contribution >= 4 is 11.6 Å². The lowest BCUT2D eigenvalue weighted by atomic mass is 10.1. The molecule has 1 saturated carbocycles. The van der Waals surface area contributed by atoms with E-state index in [1.54, 1.807) is 6.92 Å². The number of carbonyl (C=O) groups excluding carboxylic acids is 1. The van der Waals surface area contributed by atoms with Crippen molar-refractivity contribution in [2.75, 3.05) is 11.9 Å². The summed E-state index contributed by atoms with van der Waals surface area (Å²) < 4.78 is 38.6. The number of benzene rings is 1. The molecular weight excluding hydrogens is 295 g/mol. The summed E-state index contributed by atoms with van der Waals surface area (Å²) in [5, 5.41) is 14.2. The van der Waals surface area contributed by atoms with Gasteiger partial charge in [-0.15, -0.1) is 0 Å². The third-order valence-corrected chi connectivity index (χ3v) is 3.52. The molecule has 118 valence electrons. The maximum atomic E-state index is 12.9. The van der Waals surface area contributed by atoms with E-state index in [4.69, 9.17) is 5.26 Å². The van der Waals surface area contributed by atoms with Crippen LogP contribution in [0.25, 0.3) is 0 Å². The number of amides is 1. The van der Waals surface area contributed by atoms with Crippen LogP contribution in [0.1, 0.15) is 30.9 Å². The second kappa shape index (κ2) is 6.36. The minimum absolute atomic E-state index is 0.0244. The monoisotopic (exact) mass is 311 g/mol. The summed E-state index contributed by atoms with van der Waals surface area (Å²) in [5.41, 5.74) is -1.49. The highest BCUT2D eigenvalue weighted by Crippen LogP contribution is 2.33. The van der Waals surface area contributed by atoms with Crippen LogP contribution in [0.4, 0.5) is 18.9 Å². The van der Waals surface area contributed by atoms with E-state index in [-0.39, 0.29) is 5.69 Å². The van der Waals surface area contributed by atoms with E-state index in [1.165, 1.54) is 12.1 Å². The highest BCUT2D eigenvalue weighted by molar-refractivity contribution is 5.94. The van der Waals surface area contributed by atoms with Crippen molar-refractivity contribution in [3.05, 3.63) is 29.3 Å². The number of carbonyl (C=O) groups is 1. The summed E-state index contributed by atoms with van der Waals surface area (Å²) >= 11 is 0. The Bertz CT molecular complexity index is 603. The van der Waals surface area contributed by atoms with Gasteiger partial charge in [0.15, 0.2) is 0 Å². The number of hydrogen-bond acceptors (Lipinski definition) is 3. The van der Waals surface area contributed by atoms with Crippen LogP contribution in [0.15, 0.2) is 18.2 Å². The van der Waals surface area contributed by atoms with Gasteiger partial charge >= 0.3 is 6.18 Å². The molecule has 1 amide bonds. The Morgan fingerprint density at radius 2 is 2.14 bits per heavy atom. The lowest BCUT2D eigenvalue weighted by Crippen LogP contribution is -2.39. The average Bonchev–Trinajstić information content (AvgIpc) is 3.27. The number of nitrogens with one attached hydrogen (secondary N) is 2. The highest BCUT2D eigenvalue weighted by Gasteiger charge is 2.34. The van der Waals surface area contributed by atoms with Crippen LogP contribution in [-0.4, -0.2) is 18.5 Å². The van der Waals surface area contributed by atoms with Crippen molar-refractivity contribution in [2.45, 2.75) is 32.0 Å². The molecule has 0 aromatic heterocycles. The number of rotatable bonds is 5. The van der Waals surface area contributed by atoms with Crippen molar-refractivity contribution in [3.8, 4) is 6.07 Å². The number of alkyl halides is 3. The molecule has 4 nitrogen and oxygen atoms in total. The first-order chi connectivity index (χ1) is 10.3. The van der Waals surface area contributed by atoms with E-state index in [0.717, 1.165) is 31.5 Å². The Morgan fingerprint density at radius 3 is 2.68 bits per heavy atom. The zero-order chi connectivity index (χ0) is 16.3. The molecule has 0 bridgehead atoms. The zero-order valence-corrected chi connectivity index (χ0v) is 12.0. The van der Waals surface area contributed by atoms with Crippen LogP contribution in [0.3, 0.4) is 0 Å². The molecule has 2 N–H and O–H groups in total. The van der Waals surface area contributed by atoms with E-state index >= 15 is 0 Å². The Hall–Kier alpha value is -2.07. The van der Waals surface area contributed by atoms with Gasteiger partial charge < -0.3 is 10.6 Å². The third kappa shape index (κ3) is 4.21. The lowest BCUT2D eigenvalue weighted by Gasteiger charge is -2.15. The average molecular weight is 311 g/mol. The molecule has 1 aromatic carbocycles. The summed E-state index contributed by atoms with van der Waals surface area (Å²) in [4.78, 5) is 11.9. The van der Waals surface area contributed by atoms with Crippen molar-refractivity contribution in [3.63, 3.8) is 0 Å². The molecule has 0 spiro atoms. The highest BCUT2D eigenvalue weighted by atomic mass is 19.4. The van der Waals surface area contributed by atoms with Crippen molar-refractivity contribution in [1.29, 1.82) is 5.26 Å². The molecule has 1 aliphatic carbocycles. The fourth-order valence-corrected chi connectivity index (χ4v) is 1.96. The van der Waals surface area contributed by atoms with E-state index in [0.29, 0.717) is 5.92 Å². The second-order valence-electron chi connectivity index (χ2n) is 5.43. The largest absolute Gasteiger partial charge is 0.417 e. The van der Waals surface area contributed by atoms with E-state index in [2.05, 4.69) is 10.6 Å². The van der Waals surface area contributed by atoms with E-state index in [1.807, 2.05) is 0 Å². The van der Waals surface area contributed by atoms with Crippen LogP contribution >= 0.6 is 0 Å². The third-order valence-electron chi connectivity index (χ3n) is 3.52. The minimum atomic E-state index is -4.64. The van der Waals surface area contributed by atoms with Gasteiger partial charge in [-0.3, -0.25) is 4.79 Å². The number of anilines is 1. The zero-order valence-electron chi connectivity index (χ0n) is 12.0. The number of hydrogen-bond donors (Lipinski definition) is 2. The molecule has 0 aliphatic heterocycles. The molecule has 1 aliphatic rings. The molecule has 7 heteroatoms. The first kappa shape index (κ1) is 16.3. The number of nitriles is 1. The maximum absolute atomic E-state index is 12.9. The van der Waals surface area contributed by atoms with Gasteiger partial charge in [0.05, 0.1) is 23.2 Å². The van der Waals surface area contributed by atoms with Crippen molar-refractivity contribution in [1.82, 2.24) is 5.32 Å². The molecule has 1 atom stereocenters. The molecule has 1 fully saturated rings. The molecule has 0 saturated heterocycles. The predicted molar refractivity (Wildman–Crippen MR) is 75.0 cm³/mol. The Labute approximate surface area is 126 Å². The summed E-state index contributed by atoms with van der Waals surface area (Å²) in [7, 11) is 0. The van der Waals surface area contributed by atoms with Crippen molar-refractivity contribution in [2.24, 2.45) is 5.92 Å². The predicted octanol–water partition coefficient (Wildman–Crippen LogP) is 2.90.